The number of fused-ring (bicyclic) bond motifs is 1. The van der Waals surface area contributed by atoms with Crippen LogP contribution in [0, 0.1) is 0 Å². The highest BCUT2D eigenvalue weighted by Gasteiger charge is 2.39. The van der Waals surface area contributed by atoms with Gasteiger partial charge in [-0.1, -0.05) is 18.2 Å². The van der Waals surface area contributed by atoms with Gasteiger partial charge >= 0.3 is 0 Å². The van der Waals surface area contributed by atoms with Crippen molar-refractivity contribution in [1.29, 1.82) is 0 Å². The molecule has 0 saturated carbocycles. The van der Waals surface area contributed by atoms with Gasteiger partial charge in [-0.2, -0.15) is 0 Å². The van der Waals surface area contributed by atoms with Crippen molar-refractivity contribution in [3.8, 4) is 5.75 Å². The third-order valence-corrected chi connectivity index (χ3v) is 5.49. The fraction of sp³-hybridized carbons (Fsp3) is 0.250. The molecule has 0 N–H and O–H groups in total. The Morgan fingerprint density at radius 3 is 2.50 bits per heavy atom. The maximum atomic E-state index is 13.2. The van der Waals surface area contributed by atoms with Crippen LogP contribution in [-0.4, -0.2) is 25.0 Å². The van der Waals surface area contributed by atoms with Gasteiger partial charge in [-0.25, -0.2) is 0 Å². The SMILES string of the molecule is COc1ccc2c(c1)C(N(C(C)=O)c1ccccc1)CC(C)N2C(=O)c1ccco1. The second-order valence-electron chi connectivity index (χ2n) is 7.40. The Morgan fingerprint density at radius 1 is 1.10 bits per heavy atom. The van der Waals surface area contributed by atoms with E-state index in [2.05, 4.69) is 0 Å². The van der Waals surface area contributed by atoms with E-state index in [-0.39, 0.29) is 29.7 Å². The molecule has 1 aliphatic rings. The molecule has 2 aromatic carbocycles. The van der Waals surface area contributed by atoms with Gasteiger partial charge in [0.15, 0.2) is 5.76 Å². The summed E-state index contributed by atoms with van der Waals surface area (Å²) in [4.78, 5) is 29.4. The highest BCUT2D eigenvalue weighted by Crippen LogP contribution is 2.44. The molecule has 2 heterocycles. The number of ether oxygens (including phenoxy) is 1. The molecule has 0 bridgehead atoms. The molecular weight excluding hydrogens is 380 g/mol. The van der Waals surface area contributed by atoms with Crippen LogP contribution in [0.3, 0.4) is 0 Å². The van der Waals surface area contributed by atoms with E-state index in [0.29, 0.717) is 12.2 Å². The van der Waals surface area contributed by atoms with Gasteiger partial charge in [0.2, 0.25) is 5.91 Å². The number of nitrogens with zero attached hydrogens (tertiary/aromatic N) is 2. The van der Waals surface area contributed by atoms with Gasteiger partial charge in [0.25, 0.3) is 5.91 Å². The number of methoxy groups -OCH3 is 1. The first-order valence-electron chi connectivity index (χ1n) is 9.91. The zero-order valence-electron chi connectivity index (χ0n) is 17.2. The van der Waals surface area contributed by atoms with Crippen LogP contribution in [0.15, 0.2) is 71.3 Å². The number of hydrogen-bond acceptors (Lipinski definition) is 4. The van der Waals surface area contributed by atoms with Crippen molar-refractivity contribution in [3.63, 3.8) is 0 Å². The van der Waals surface area contributed by atoms with E-state index >= 15 is 0 Å². The molecule has 1 aliphatic heterocycles. The van der Waals surface area contributed by atoms with Crippen molar-refractivity contribution in [2.45, 2.75) is 32.4 Å². The highest BCUT2D eigenvalue weighted by molar-refractivity contribution is 6.06. The molecule has 2 unspecified atom stereocenters. The Labute approximate surface area is 175 Å². The first-order chi connectivity index (χ1) is 14.5. The molecule has 154 valence electrons. The fourth-order valence-electron chi connectivity index (χ4n) is 4.18. The molecule has 1 aromatic heterocycles. The fourth-order valence-corrected chi connectivity index (χ4v) is 4.18. The summed E-state index contributed by atoms with van der Waals surface area (Å²) in [7, 11) is 1.61. The second kappa shape index (κ2) is 8.06. The van der Waals surface area contributed by atoms with E-state index in [4.69, 9.17) is 9.15 Å². The van der Waals surface area contributed by atoms with Crippen molar-refractivity contribution < 1.29 is 18.7 Å². The normalized spacial score (nSPS) is 17.9. The lowest BCUT2D eigenvalue weighted by Crippen LogP contribution is -2.47. The number of para-hydroxylation sites is 1. The Morgan fingerprint density at radius 2 is 1.87 bits per heavy atom. The Hall–Kier alpha value is -3.54. The summed E-state index contributed by atoms with van der Waals surface area (Å²) >= 11 is 0. The van der Waals surface area contributed by atoms with Gasteiger partial charge in [-0.15, -0.1) is 0 Å². The van der Waals surface area contributed by atoms with Crippen LogP contribution < -0.4 is 14.5 Å². The molecule has 2 amide bonds. The molecule has 6 nitrogen and oxygen atoms in total. The molecule has 6 heteroatoms. The Balaban J connectivity index is 1.84. The third-order valence-electron chi connectivity index (χ3n) is 5.49. The van der Waals surface area contributed by atoms with Crippen LogP contribution in [0.4, 0.5) is 11.4 Å². The molecular formula is C24H24N2O4. The molecule has 3 aromatic rings. The van der Waals surface area contributed by atoms with E-state index < -0.39 is 0 Å². The van der Waals surface area contributed by atoms with Crippen molar-refractivity contribution in [2.75, 3.05) is 16.9 Å². The molecule has 0 radical (unpaired) electrons. The monoisotopic (exact) mass is 404 g/mol. The van der Waals surface area contributed by atoms with Crippen LogP contribution in [0.25, 0.3) is 0 Å². The number of furan rings is 1. The van der Waals surface area contributed by atoms with Crippen molar-refractivity contribution in [2.24, 2.45) is 0 Å². The minimum absolute atomic E-state index is 0.0574. The number of benzene rings is 2. The van der Waals surface area contributed by atoms with E-state index in [1.807, 2.05) is 55.5 Å². The molecule has 0 aliphatic carbocycles. The summed E-state index contributed by atoms with van der Waals surface area (Å²) in [5.41, 5.74) is 2.44. The lowest BCUT2D eigenvalue weighted by atomic mass is 9.89. The van der Waals surface area contributed by atoms with E-state index in [1.165, 1.54) is 6.26 Å². The van der Waals surface area contributed by atoms with E-state index in [1.54, 1.807) is 36.0 Å². The first kappa shape index (κ1) is 19.8. The predicted molar refractivity (Wildman–Crippen MR) is 115 cm³/mol. The average molecular weight is 404 g/mol. The summed E-state index contributed by atoms with van der Waals surface area (Å²) in [5, 5.41) is 0. The van der Waals surface area contributed by atoms with Crippen LogP contribution >= 0.6 is 0 Å². The average Bonchev–Trinajstić information content (AvgIpc) is 3.29. The topological polar surface area (TPSA) is 63.0 Å². The van der Waals surface area contributed by atoms with Crippen molar-refractivity contribution >= 4 is 23.2 Å². The van der Waals surface area contributed by atoms with Crippen molar-refractivity contribution in [1.82, 2.24) is 0 Å². The maximum absolute atomic E-state index is 13.2. The minimum atomic E-state index is -0.231. The van der Waals surface area contributed by atoms with Crippen LogP contribution in [0.2, 0.25) is 0 Å². The molecule has 2 atom stereocenters. The smallest absolute Gasteiger partial charge is 0.294 e. The zero-order valence-corrected chi connectivity index (χ0v) is 17.2. The number of rotatable bonds is 4. The second-order valence-corrected chi connectivity index (χ2v) is 7.40. The quantitative estimate of drug-likeness (QED) is 0.625. The summed E-state index contributed by atoms with van der Waals surface area (Å²) in [6.07, 6.45) is 2.08. The molecule has 0 saturated heterocycles. The summed E-state index contributed by atoms with van der Waals surface area (Å²) in [5.74, 6) is 0.702. The number of hydrogen-bond donors (Lipinski definition) is 0. The first-order valence-corrected chi connectivity index (χ1v) is 9.91. The van der Waals surface area contributed by atoms with E-state index in [0.717, 1.165) is 16.9 Å². The minimum Gasteiger partial charge on any atom is -0.497 e. The maximum Gasteiger partial charge on any atom is 0.294 e. The molecule has 4 rings (SSSR count). The van der Waals surface area contributed by atoms with Crippen molar-refractivity contribution in [3.05, 3.63) is 78.3 Å². The molecule has 30 heavy (non-hydrogen) atoms. The largest absolute Gasteiger partial charge is 0.497 e. The van der Waals surface area contributed by atoms with Gasteiger partial charge in [-0.05, 0) is 55.8 Å². The van der Waals surface area contributed by atoms with Crippen LogP contribution in [-0.2, 0) is 4.79 Å². The van der Waals surface area contributed by atoms with Gasteiger partial charge in [0.05, 0.1) is 19.4 Å². The number of carbonyl (C=O) groups excluding carboxylic acids is 2. The highest BCUT2D eigenvalue weighted by atomic mass is 16.5. The summed E-state index contributed by atoms with van der Waals surface area (Å²) in [6, 6.07) is 18.2. The van der Waals surface area contributed by atoms with Gasteiger partial charge < -0.3 is 19.0 Å². The Kier molecular flexibility index (Phi) is 5.31. The van der Waals surface area contributed by atoms with Gasteiger partial charge in [0, 0.05) is 29.9 Å². The van der Waals surface area contributed by atoms with Gasteiger partial charge in [0.1, 0.15) is 5.75 Å². The summed E-state index contributed by atoms with van der Waals surface area (Å²) in [6.45, 7) is 3.56. The lowest BCUT2D eigenvalue weighted by Gasteiger charge is -2.43. The molecule has 0 spiro atoms. The lowest BCUT2D eigenvalue weighted by molar-refractivity contribution is -0.117. The number of carbonyl (C=O) groups is 2. The standard InChI is InChI=1S/C24H24N2O4/c1-16-14-22(26(17(2)27)18-8-5-4-6-9-18)20-15-19(29-3)11-12-21(20)25(16)24(28)23-10-7-13-30-23/h4-13,15-16,22H,14H2,1-3H3. The van der Waals surface area contributed by atoms with Crippen LogP contribution in [0.1, 0.15) is 42.4 Å². The van der Waals surface area contributed by atoms with E-state index in [9.17, 15) is 9.59 Å². The van der Waals surface area contributed by atoms with Gasteiger partial charge in [-0.3, -0.25) is 9.59 Å². The molecule has 0 fully saturated rings. The zero-order chi connectivity index (χ0) is 21.3. The Bertz CT molecular complexity index is 1050. The number of anilines is 2. The predicted octanol–water partition coefficient (Wildman–Crippen LogP) is 4.82. The van der Waals surface area contributed by atoms with Crippen LogP contribution in [0.5, 0.6) is 5.75 Å². The third kappa shape index (κ3) is 3.45. The number of amides is 2. The summed E-state index contributed by atoms with van der Waals surface area (Å²) < 4.78 is 10.8.